The maximum absolute atomic E-state index is 12.8. The van der Waals surface area contributed by atoms with Gasteiger partial charge in [0.25, 0.3) is 5.91 Å². The Labute approximate surface area is 141 Å². The Kier molecular flexibility index (Phi) is 4.96. The van der Waals surface area contributed by atoms with Crippen molar-refractivity contribution in [2.45, 2.75) is 18.9 Å². The standard InChI is InChI=1S/C20H22N2O2/c1-22-18-12-6-5-10-16(18)14-19(22)20(24)21-17(11-7-13-23)15-8-3-2-4-9-15/h2-6,8-10,12,14,17,23H,7,11,13H2,1H3,(H,21,24). The molecule has 0 spiro atoms. The number of nitrogens with zero attached hydrogens (tertiary/aromatic N) is 1. The molecule has 3 aromatic rings. The average Bonchev–Trinajstić information content (AvgIpc) is 2.96. The van der Waals surface area contributed by atoms with Crippen molar-refractivity contribution < 1.29 is 9.90 Å². The lowest BCUT2D eigenvalue weighted by atomic mass is 10.0. The zero-order chi connectivity index (χ0) is 16.9. The predicted molar refractivity (Wildman–Crippen MR) is 95.9 cm³/mol. The molecule has 124 valence electrons. The van der Waals surface area contributed by atoms with E-state index >= 15 is 0 Å². The van der Waals surface area contributed by atoms with Gasteiger partial charge in [-0.15, -0.1) is 0 Å². The van der Waals surface area contributed by atoms with E-state index in [1.165, 1.54) is 0 Å². The SMILES string of the molecule is Cn1c(C(=O)NC(CCCO)c2ccccc2)cc2ccccc21. The van der Waals surface area contributed by atoms with Crippen molar-refractivity contribution >= 4 is 16.8 Å². The maximum atomic E-state index is 12.8. The highest BCUT2D eigenvalue weighted by Crippen LogP contribution is 2.21. The molecule has 1 unspecified atom stereocenters. The number of hydrogen-bond donors (Lipinski definition) is 2. The molecule has 1 heterocycles. The molecule has 0 saturated heterocycles. The van der Waals surface area contributed by atoms with E-state index in [1.54, 1.807) is 0 Å². The summed E-state index contributed by atoms with van der Waals surface area (Å²) in [5, 5.41) is 13.3. The number of aryl methyl sites for hydroxylation is 1. The molecule has 0 aliphatic heterocycles. The van der Waals surface area contributed by atoms with Crippen molar-refractivity contribution in [3.63, 3.8) is 0 Å². The molecular weight excluding hydrogens is 300 g/mol. The third-order valence-electron chi connectivity index (χ3n) is 4.34. The fourth-order valence-corrected chi connectivity index (χ4v) is 3.04. The van der Waals surface area contributed by atoms with Gasteiger partial charge in [-0.3, -0.25) is 4.79 Å². The van der Waals surface area contributed by atoms with Gasteiger partial charge in [0.1, 0.15) is 5.69 Å². The summed E-state index contributed by atoms with van der Waals surface area (Å²) in [7, 11) is 1.91. The molecule has 3 rings (SSSR count). The summed E-state index contributed by atoms with van der Waals surface area (Å²) in [5.74, 6) is -0.0968. The van der Waals surface area contributed by atoms with Crippen LogP contribution in [0.25, 0.3) is 10.9 Å². The molecule has 4 heteroatoms. The number of aromatic nitrogens is 1. The summed E-state index contributed by atoms with van der Waals surface area (Å²) in [5.41, 5.74) is 2.73. The highest BCUT2D eigenvalue weighted by atomic mass is 16.3. The molecule has 0 aliphatic rings. The molecule has 0 saturated carbocycles. The van der Waals surface area contributed by atoms with Crippen molar-refractivity contribution in [3.05, 3.63) is 71.9 Å². The Bertz CT molecular complexity index is 824. The largest absolute Gasteiger partial charge is 0.396 e. The summed E-state index contributed by atoms with van der Waals surface area (Å²) in [6.45, 7) is 0.118. The van der Waals surface area contributed by atoms with Crippen molar-refractivity contribution in [2.75, 3.05) is 6.61 Å². The average molecular weight is 322 g/mol. The van der Waals surface area contributed by atoms with Gasteiger partial charge in [-0.05, 0) is 30.5 Å². The normalized spacial score (nSPS) is 12.2. The molecular formula is C20H22N2O2. The van der Waals surface area contributed by atoms with Gasteiger partial charge in [-0.1, -0.05) is 48.5 Å². The number of nitrogens with one attached hydrogen (secondary N) is 1. The van der Waals surface area contributed by atoms with Gasteiger partial charge in [-0.25, -0.2) is 0 Å². The summed E-state index contributed by atoms with van der Waals surface area (Å²) in [4.78, 5) is 12.8. The monoisotopic (exact) mass is 322 g/mol. The van der Waals surface area contributed by atoms with Crippen LogP contribution in [0.1, 0.15) is 34.9 Å². The van der Waals surface area contributed by atoms with Crippen LogP contribution in [0.15, 0.2) is 60.7 Å². The van der Waals surface area contributed by atoms with E-state index in [0.29, 0.717) is 18.5 Å². The first-order chi connectivity index (χ1) is 11.7. The second-order valence-electron chi connectivity index (χ2n) is 5.95. The molecule has 0 fully saturated rings. The molecule has 1 atom stereocenters. The summed E-state index contributed by atoms with van der Waals surface area (Å²) in [6, 6.07) is 19.7. The lowest BCUT2D eigenvalue weighted by Gasteiger charge is -2.19. The molecule has 2 N–H and O–H groups in total. The number of carbonyl (C=O) groups is 1. The van der Waals surface area contributed by atoms with E-state index in [2.05, 4.69) is 5.32 Å². The number of fused-ring (bicyclic) bond motifs is 1. The van der Waals surface area contributed by atoms with Gasteiger partial charge in [0.05, 0.1) is 6.04 Å². The number of amides is 1. The molecule has 1 amide bonds. The Morgan fingerprint density at radius 1 is 1.12 bits per heavy atom. The van der Waals surface area contributed by atoms with E-state index in [1.807, 2.05) is 72.3 Å². The summed E-state index contributed by atoms with van der Waals surface area (Å²) < 4.78 is 1.92. The smallest absolute Gasteiger partial charge is 0.268 e. The fraction of sp³-hybridized carbons (Fsp3) is 0.250. The van der Waals surface area contributed by atoms with Gasteiger partial charge in [-0.2, -0.15) is 0 Å². The van der Waals surface area contributed by atoms with Crippen LogP contribution in [0.2, 0.25) is 0 Å². The lowest BCUT2D eigenvalue weighted by Crippen LogP contribution is -2.30. The minimum Gasteiger partial charge on any atom is -0.396 e. The number of rotatable bonds is 6. The summed E-state index contributed by atoms with van der Waals surface area (Å²) >= 11 is 0. The second-order valence-corrected chi connectivity index (χ2v) is 5.95. The van der Waals surface area contributed by atoms with Gasteiger partial charge >= 0.3 is 0 Å². The zero-order valence-corrected chi connectivity index (χ0v) is 13.8. The molecule has 0 radical (unpaired) electrons. The van der Waals surface area contributed by atoms with Gasteiger partial charge in [0, 0.05) is 24.6 Å². The molecule has 24 heavy (non-hydrogen) atoms. The highest BCUT2D eigenvalue weighted by molar-refractivity contribution is 5.98. The van der Waals surface area contributed by atoms with Crippen molar-refractivity contribution in [1.29, 1.82) is 0 Å². The van der Waals surface area contributed by atoms with Crippen LogP contribution in [0, 0.1) is 0 Å². The number of aliphatic hydroxyl groups excluding tert-OH is 1. The molecule has 2 aromatic carbocycles. The number of hydrogen-bond acceptors (Lipinski definition) is 2. The van der Waals surface area contributed by atoms with Crippen LogP contribution >= 0.6 is 0 Å². The predicted octanol–water partition coefficient (Wildman–Crippen LogP) is 3.42. The molecule has 1 aromatic heterocycles. The first-order valence-corrected chi connectivity index (χ1v) is 8.22. The third kappa shape index (κ3) is 3.34. The van der Waals surface area contributed by atoms with Gasteiger partial charge in [0.15, 0.2) is 0 Å². The Morgan fingerprint density at radius 3 is 2.54 bits per heavy atom. The first-order valence-electron chi connectivity index (χ1n) is 8.22. The zero-order valence-electron chi connectivity index (χ0n) is 13.8. The van der Waals surface area contributed by atoms with Gasteiger partial charge in [0.2, 0.25) is 0 Å². The molecule has 0 bridgehead atoms. The van der Waals surface area contributed by atoms with Crippen molar-refractivity contribution in [3.8, 4) is 0 Å². The topological polar surface area (TPSA) is 54.3 Å². The number of carbonyl (C=O) groups excluding carboxylic acids is 1. The fourth-order valence-electron chi connectivity index (χ4n) is 3.04. The van der Waals surface area contributed by atoms with Crippen molar-refractivity contribution in [2.24, 2.45) is 7.05 Å². The van der Waals surface area contributed by atoms with Crippen LogP contribution in [-0.4, -0.2) is 22.2 Å². The minimum absolute atomic E-state index is 0.0968. The third-order valence-corrected chi connectivity index (χ3v) is 4.34. The van der Waals surface area contributed by atoms with Crippen LogP contribution in [-0.2, 0) is 7.05 Å². The number of para-hydroxylation sites is 1. The maximum Gasteiger partial charge on any atom is 0.268 e. The Hall–Kier alpha value is -2.59. The van der Waals surface area contributed by atoms with Crippen LogP contribution in [0.5, 0.6) is 0 Å². The van der Waals surface area contributed by atoms with Gasteiger partial charge < -0.3 is 15.0 Å². The summed E-state index contributed by atoms with van der Waals surface area (Å²) in [6.07, 6.45) is 1.35. The van der Waals surface area contributed by atoms with E-state index in [0.717, 1.165) is 16.5 Å². The van der Waals surface area contributed by atoms with Crippen LogP contribution in [0.4, 0.5) is 0 Å². The quantitative estimate of drug-likeness (QED) is 0.730. The second kappa shape index (κ2) is 7.32. The molecule has 0 aliphatic carbocycles. The minimum atomic E-state index is -0.108. The van der Waals surface area contributed by atoms with E-state index < -0.39 is 0 Å². The molecule has 4 nitrogen and oxygen atoms in total. The van der Waals surface area contributed by atoms with E-state index in [-0.39, 0.29) is 18.6 Å². The lowest BCUT2D eigenvalue weighted by molar-refractivity contribution is 0.0924. The number of aliphatic hydroxyl groups is 1. The van der Waals surface area contributed by atoms with Crippen LogP contribution in [0.3, 0.4) is 0 Å². The number of benzene rings is 2. The highest BCUT2D eigenvalue weighted by Gasteiger charge is 2.18. The van der Waals surface area contributed by atoms with Crippen LogP contribution < -0.4 is 5.32 Å². The van der Waals surface area contributed by atoms with E-state index in [9.17, 15) is 4.79 Å². The van der Waals surface area contributed by atoms with E-state index in [4.69, 9.17) is 5.11 Å². The first kappa shape index (κ1) is 16.3. The Morgan fingerprint density at radius 2 is 1.83 bits per heavy atom. The Balaban J connectivity index is 1.85. The van der Waals surface area contributed by atoms with Crippen molar-refractivity contribution in [1.82, 2.24) is 9.88 Å².